The minimum atomic E-state index is -0.291. The van der Waals surface area contributed by atoms with Gasteiger partial charge in [-0.3, -0.25) is 4.79 Å². The molecule has 17 heavy (non-hydrogen) atoms. The van der Waals surface area contributed by atoms with E-state index in [1.165, 1.54) is 6.42 Å². The Kier molecular flexibility index (Phi) is 7.21. The molecule has 0 heterocycles. The Hall–Kier alpha value is -0.610. The Bertz CT molecular complexity index is 221. The van der Waals surface area contributed by atoms with Crippen LogP contribution in [-0.4, -0.2) is 36.2 Å². The Balaban J connectivity index is 2.16. The van der Waals surface area contributed by atoms with E-state index in [0.29, 0.717) is 6.54 Å². The number of carbonyl (C=O) groups excluding carboxylic acids is 1. The van der Waals surface area contributed by atoms with Crippen LogP contribution in [0.15, 0.2) is 0 Å². The predicted molar refractivity (Wildman–Crippen MR) is 68.8 cm³/mol. The van der Waals surface area contributed by atoms with Crippen LogP contribution in [0.3, 0.4) is 0 Å². The van der Waals surface area contributed by atoms with Crippen LogP contribution < -0.4 is 10.6 Å². The number of amides is 1. The number of unbranched alkanes of at least 4 members (excludes halogenated alkanes) is 1. The van der Waals surface area contributed by atoms with E-state index in [-0.39, 0.29) is 18.1 Å². The Morgan fingerprint density at radius 3 is 2.82 bits per heavy atom. The van der Waals surface area contributed by atoms with Crippen molar-refractivity contribution in [3.63, 3.8) is 0 Å². The number of hydrogen-bond acceptors (Lipinski definition) is 3. The molecule has 0 saturated heterocycles. The Morgan fingerprint density at radius 1 is 1.29 bits per heavy atom. The van der Waals surface area contributed by atoms with Crippen molar-refractivity contribution in [2.75, 3.05) is 13.1 Å². The van der Waals surface area contributed by atoms with Gasteiger partial charge in [-0.1, -0.05) is 32.6 Å². The SMILES string of the molecule is CCCCNC(=O)CNC1CCCCCC1O. The van der Waals surface area contributed by atoms with Crippen LogP contribution in [0.2, 0.25) is 0 Å². The molecule has 2 atom stereocenters. The third kappa shape index (κ3) is 6.03. The molecular formula is C13H26N2O2. The average molecular weight is 242 g/mol. The molecule has 1 aliphatic carbocycles. The standard InChI is InChI=1S/C13H26N2O2/c1-2-3-9-14-13(17)10-15-11-7-5-4-6-8-12(11)16/h11-12,15-16H,2-10H2,1H3,(H,14,17). The highest BCUT2D eigenvalue weighted by molar-refractivity contribution is 5.77. The number of nitrogens with one attached hydrogen (secondary N) is 2. The summed E-state index contributed by atoms with van der Waals surface area (Å²) in [5, 5.41) is 15.9. The van der Waals surface area contributed by atoms with Gasteiger partial charge in [0.25, 0.3) is 0 Å². The zero-order chi connectivity index (χ0) is 12.5. The van der Waals surface area contributed by atoms with Gasteiger partial charge < -0.3 is 15.7 Å². The van der Waals surface area contributed by atoms with Gasteiger partial charge in [-0.05, 0) is 19.3 Å². The van der Waals surface area contributed by atoms with Crippen LogP contribution in [0.25, 0.3) is 0 Å². The molecule has 4 nitrogen and oxygen atoms in total. The van der Waals surface area contributed by atoms with Crippen molar-refractivity contribution in [1.82, 2.24) is 10.6 Å². The van der Waals surface area contributed by atoms with Gasteiger partial charge in [0, 0.05) is 12.6 Å². The van der Waals surface area contributed by atoms with Gasteiger partial charge in [-0.15, -0.1) is 0 Å². The van der Waals surface area contributed by atoms with E-state index >= 15 is 0 Å². The molecule has 1 rings (SSSR count). The summed E-state index contributed by atoms with van der Waals surface area (Å²) in [7, 11) is 0. The van der Waals surface area contributed by atoms with Gasteiger partial charge in [0.05, 0.1) is 12.6 Å². The van der Waals surface area contributed by atoms with Gasteiger partial charge in [0.1, 0.15) is 0 Å². The maximum atomic E-state index is 11.5. The van der Waals surface area contributed by atoms with Crippen molar-refractivity contribution in [1.29, 1.82) is 0 Å². The molecule has 0 aromatic carbocycles. The highest BCUT2D eigenvalue weighted by Crippen LogP contribution is 2.17. The first-order chi connectivity index (χ1) is 8.24. The van der Waals surface area contributed by atoms with E-state index in [4.69, 9.17) is 0 Å². The second-order valence-corrected chi connectivity index (χ2v) is 4.90. The lowest BCUT2D eigenvalue weighted by Crippen LogP contribution is -2.44. The zero-order valence-electron chi connectivity index (χ0n) is 10.9. The monoisotopic (exact) mass is 242 g/mol. The van der Waals surface area contributed by atoms with E-state index in [0.717, 1.165) is 45.1 Å². The minimum Gasteiger partial charge on any atom is -0.392 e. The summed E-state index contributed by atoms with van der Waals surface area (Å²) in [6.45, 7) is 3.18. The fraction of sp³-hybridized carbons (Fsp3) is 0.923. The van der Waals surface area contributed by atoms with Crippen molar-refractivity contribution in [3.8, 4) is 0 Å². The van der Waals surface area contributed by atoms with Crippen LogP contribution in [0.1, 0.15) is 51.9 Å². The third-order valence-corrected chi connectivity index (χ3v) is 3.36. The normalized spacial score (nSPS) is 25.3. The summed E-state index contributed by atoms with van der Waals surface area (Å²) in [6, 6.07) is 0.0921. The second kappa shape index (κ2) is 8.48. The van der Waals surface area contributed by atoms with Crippen molar-refractivity contribution < 1.29 is 9.90 Å². The van der Waals surface area contributed by atoms with Crippen LogP contribution in [0.4, 0.5) is 0 Å². The molecule has 0 aromatic heterocycles. The second-order valence-electron chi connectivity index (χ2n) is 4.90. The smallest absolute Gasteiger partial charge is 0.233 e. The molecular weight excluding hydrogens is 216 g/mol. The lowest BCUT2D eigenvalue weighted by Gasteiger charge is -2.21. The first-order valence-corrected chi connectivity index (χ1v) is 6.92. The summed E-state index contributed by atoms with van der Waals surface area (Å²) in [4.78, 5) is 11.5. The molecule has 1 fully saturated rings. The van der Waals surface area contributed by atoms with Crippen molar-refractivity contribution >= 4 is 5.91 Å². The van der Waals surface area contributed by atoms with E-state index in [1.54, 1.807) is 0 Å². The molecule has 0 spiro atoms. The van der Waals surface area contributed by atoms with E-state index in [2.05, 4.69) is 17.6 Å². The highest BCUT2D eigenvalue weighted by atomic mass is 16.3. The molecule has 2 unspecified atom stereocenters. The number of carbonyl (C=O) groups is 1. The van der Waals surface area contributed by atoms with Gasteiger partial charge in [-0.2, -0.15) is 0 Å². The number of aliphatic hydroxyl groups is 1. The summed E-state index contributed by atoms with van der Waals surface area (Å²) in [5.74, 6) is 0.0369. The maximum absolute atomic E-state index is 11.5. The van der Waals surface area contributed by atoms with E-state index in [9.17, 15) is 9.90 Å². The molecule has 0 radical (unpaired) electrons. The molecule has 3 N–H and O–H groups in total. The minimum absolute atomic E-state index is 0.0369. The summed E-state index contributed by atoms with van der Waals surface area (Å²) >= 11 is 0. The van der Waals surface area contributed by atoms with Crippen molar-refractivity contribution in [2.45, 2.75) is 64.0 Å². The molecule has 4 heteroatoms. The summed E-state index contributed by atoms with van der Waals surface area (Å²) in [6.07, 6.45) is 7.10. The maximum Gasteiger partial charge on any atom is 0.233 e. The lowest BCUT2D eigenvalue weighted by atomic mass is 10.1. The third-order valence-electron chi connectivity index (χ3n) is 3.36. The van der Waals surface area contributed by atoms with Crippen LogP contribution in [0.5, 0.6) is 0 Å². The zero-order valence-corrected chi connectivity index (χ0v) is 10.9. The molecule has 0 aromatic rings. The van der Waals surface area contributed by atoms with Gasteiger partial charge >= 0.3 is 0 Å². The Labute approximate surface area is 104 Å². The van der Waals surface area contributed by atoms with Crippen molar-refractivity contribution in [3.05, 3.63) is 0 Å². The van der Waals surface area contributed by atoms with Gasteiger partial charge in [0.2, 0.25) is 5.91 Å². The molecule has 1 aliphatic rings. The first-order valence-electron chi connectivity index (χ1n) is 6.92. The Morgan fingerprint density at radius 2 is 2.06 bits per heavy atom. The molecule has 0 bridgehead atoms. The molecule has 1 saturated carbocycles. The molecule has 0 aliphatic heterocycles. The van der Waals surface area contributed by atoms with Crippen molar-refractivity contribution in [2.24, 2.45) is 0 Å². The quantitative estimate of drug-likeness (QED) is 0.484. The fourth-order valence-electron chi connectivity index (χ4n) is 2.22. The largest absolute Gasteiger partial charge is 0.392 e. The predicted octanol–water partition coefficient (Wildman–Crippen LogP) is 1.19. The van der Waals surface area contributed by atoms with Crippen LogP contribution >= 0.6 is 0 Å². The number of aliphatic hydroxyl groups excluding tert-OH is 1. The first kappa shape index (κ1) is 14.5. The fourth-order valence-corrected chi connectivity index (χ4v) is 2.22. The van der Waals surface area contributed by atoms with E-state index < -0.39 is 0 Å². The number of rotatable bonds is 6. The molecule has 100 valence electrons. The summed E-state index contributed by atoms with van der Waals surface area (Å²) < 4.78 is 0. The van der Waals surface area contributed by atoms with Crippen LogP contribution in [0, 0.1) is 0 Å². The topological polar surface area (TPSA) is 61.4 Å². The lowest BCUT2D eigenvalue weighted by molar-refractivity contribution is -0.120. The van der Waals surface area contributed by atoms with Gasteiger partial charge in [0.15, 0.2) is 0 Å². The highest BCUT2D eigenvalue weighted by Gasteiger charge is 2.21. The van der Waals surface area contributed by atoms with E-state index in [1.807, 2.05) is 0 Å². The van der Waals surface area contributed by atoms with Gasteiger partial charge in [-0.25, -0.2) is 0 Å². The number of hydrogen-bond donors (Lipinski definition) is 3. The summed E-state index contributed by atoms with van der Waals surface area (Å²) in [5.41, 5.74) is 0. The average Bonchev–Trinajstić information content (AvgIpc) is 2.52. The molecule has 1 amide bonds. The van der Waals surface area contributed by atoms with Crippen LogP contribution in [-0.2, 0) is 4.79 Å².